The third kappa shape index (κ3) is 5.94. The number of anilines is 1. The van der Waals surface area contributed by atoms with Crippen LogP contribution in [0.4, 0.5) is 14.5 Å². The van der Waals surface area contributed by atoms with Gasteiger partial charge >= 0.3 is 6.61 Å². The number of alkyl halides is 2. The number of nitrogens with one attached hydrogen (secondary N) is 1. The van der Waals surface area contributed by atoms with Gasteiger partial charge in [-0.2, -0.15) is 8.78 Å². The zero-order valence-corrected chi connectivity index (χ0v) is 17.5. The van der Waals surface area contributed by atoms with Crippen molar-refractivity contribution in [1.29, 1.82) is 0 Å². The molecular weight excluding hydrogens is 426 g/mol. The van der Waals surface area contributed by atoms with Crippen LogP contribution in [0.5, 0.6) is 5.75 Å². The van der Waals surface area contributed by atoms with Gasteiger partial charge in [-0.3, -0.25) is 4.79 Å². The van der Waals surface area contributed by atoms with E-state index in [1.54, 1.807) is 4.90 Å². The van der Waals surface area contributed by atoms with Crippen LogP contribution in [-0.2, 0) is 14.6 Å². The zero-order chi connectivity index (χ0) is 21.0. The Hall–Kier alpha value is -1.61. The van der Waals surface area contributed by atoms with Gasteiger partial charge < -0.3 is 15.0 Å². The molecule has 1 saturated heterocycles. The fourth-order valence-corrected chi connectivity index (χ4v) is 6.07. The first kappa shape index (κ1) is 22.1. The lowest BCUT2D eigenvalue weighted by molar-refractivity contribution is -0.134. The lowest BCUT2D eigenvalue weighted by Crippen LogP contribution is -2.50. The Morgan fingerprint density at radius 2 is 1.93 bits per heavy atom. The number of sulfone groups is 1. The van der Waals surface area contributed by atoms with Gasteiger partial charge in [-0.15, -0.1) is 0 Å². The number of ether oxygens (including phenoxy) is 1. The largest absolute Gasteiger partial charge is 0.433 e. The Morgan fingerprint density at radius 3 is 2.52 bits per heavy atom. The molecule has 1 saturated carbocycles. The van der Waals surface area contributed by atoms with Crippen LogP contribution in [0.2, 0.25) is 5.02 Å². The summed E-state index contributed by atoms with van der Waals surface area (Å²) >= 11 is 5.95. The molecule has 1 unspecified atom stereocenters. The van der Waals surface area contributed by atoms with E-state index in [1.165, 1.54) is 18.2 Å². The number of benzene rings is 1. The molecule has 1 amide bonds. The number of carbonyl (C=O) groups excluding carboxylic acids is 1. The summed E-state index contributed by atoms with van der Waals surface area (Å²) in [6, 6.07) is 3.99. The van der Waals surface area contributed by atoms with E-state index in [9.17, 15) is 22.0 Å². The van der Waals surface area contributed by atoms with Crippen molar-refractivity contribution in [3.63, 3.8) is 0 Å². The van der Waals surface area contributed by atoms with E-state index in [2.05, 4.69) is 10.1 Å². The fourth-order valence-electron chi connectivity index (χ4n) is 4.13. The predicted octanol–water partition coefficient (Wildman–Crippen LogP) is 3.70. The lowest BCUT2D eigenvalue weighted by Gasteiger charge is -2.38. The van der Waals surface area contributed by atoms with Crippen LogP contribution in [0, 0.1) is 0 Å². The van der Waals surface area contributed by atoms with Gasteiger partial charge in [0, 0.05) is 17.8 Å². The minimum Gasteiger partial charge on any atom is -0.433 e. The maximum atomic E-state index is 13.0. The summed E-state index contributed by atoms with van der Waals surface area (Å²) in [4.78, 5) is 14.8. The van der Waals surface area contributed by atoms with E-state index < -0.39 is 16.4 Å². The molecule has 10 heteroatoms. The molecule has 2 fully saturated rings. The lowest BCUT2D eigenvalue weighted by atomic mass is 9.93. The zero-order valence-electron chi connectivity index (χ0n) is 16.0. The first-order valence-electron chi connectivity index (χ1n) is 9.75. The molecule has 0 bridgehead atoms. The summed E-state index contributed by atoms with van der Waals surface area (Å²) in [7, 11) is -3.11. The Bertz CT molecular complexity index is 831. The summed E-state index contributed by atoms with van der Waals surface area (Å²) < 4.78 is 52.9. The van der Waals surface area contributed by atoms with Crippen LogP contribution in [0.15, 0.2) is 18.2 Å². The first-order chi connectivity index (χ1) is 13.7. The van der Waals surface area contributed by atoms with Crippen LogP contribution < -0.4 is 10.1 Å². The van der Waals surface area contributed by atoms with Gasteiger partial charge in [-0.25, -0.2) is 8.42 Å². The molecule has 1 N–H and O–H groups in total. The summed E-state index contributed by atoms with van der Waals surface area (Å²) in [5.74, 6) is -0.176. The molecule has 2 aliphatic rings. The van der Waals surface area contributed by atoms with Crippen molar-refractivity contribution in [2.24, 2.45) is 0 Å². The second kappa shape index (κ2) is 9.47. The number of rotatable bonds is 7. The summed E-state index contributed by atoms with van der Waals surface area (Å²) in [6.07, 6.45) is 5.42. The van der Waals surface area contributed by atoms with E-state index in [4.69, 9.17) is 11.6 Å². The molecular formula is C19H25ClF2N2O4S. The topological polar surface area (TPSA) is 75.7 Å². The second-order valence-electron chi connectivity index (χ2n) is 7.53. The molecule has 0 radical (unpaired) electrons. The first-order valence-corrected chi connectivity index (χ1v) is 11.9. The monoisotopic (exact) mass is 450 g/mol. The Kier molecular flexibility index (Phi) is 7.21. The van der Waals surface area contributed by atoms with E-state index in [0.29, 0.717) is 12.1 Å². The van der Waals surface area contributed by atoms with Gasteiger partial charge in [0.2, 0.25) is 5.91 Å². The normalized spacial score (nSPS) is 21.9. The van der Waals surface area contributed by atoms with E-state index in [0.717, 1.165) is 32.1 Å². The molecule has 29 heavy (non-hydrogen) atoms. The van der Waals surface area contributed by atoms with Gasteiger partial charge in [0.1, 0.15) is 5.75 Å². The quantitative estimate of drug-likeness (QED) is 0.685. The average molecular weight is 451 g/mol. The Labute approximate surface area is 174 Å². The Balaban J connectivity index is 1.67. The minimum absolute atomic E-state index is 0.00812. The van der Waals surface area contributed by atoms with Gasteiger partial charge in [0.25, 0.3) is 0 Å². The van der Waals surface area contributed by atoms with Gasteiger partial charge in [-0.05, 0) is 37.5 Å². The molecule has 162 valence electrons. The van der Waals surface area contributed by atoms with E-state index in [-0.39, 0.29) is 46.8 Å². The van der Waals surface area contributed by atoms with Gasteiger partial charge in [0.05, 0.1) is 23.1 Å². The number of nitrogens with zero attached hydrogens (tertiary/aromatic N) is 1. The molecule has 1 aromatic rings. The predicted molar refractivity (Wildman–Crippen MR) is 107 cm³/mol. The van der Waals surface area contributed by atoms with Crippen LogP contribution in [-0.4, -0.2) is 56.0 Å². The smallest absolute Gasteiger partial charge is 0.387 e. The van der Waals surface area contributed by atoms with Crippen LogP contribution in [0.1, 0.15) is 38.5 Å². The fraction of sp³-hybridized carbons (Fsp3) is 0.632. The number of carbonyl (C=O) groups is 1. The van der Waals surface area contributed by atoms with Crippen molar-refractivity contribution < 1.29 is 26.7 Å². The number of halogens is 3. The highest BCUT2D eigenvalue weighted by Crippen LogP contribution is 2.30. The van der Waals surface area contributed by atoms with Crippen molar-refractivity contribution in [1.82, 2.24) is 4.90 Å². The molecule has 6 nitrogen and oxygen atoms in total. The van der Waals surface area contributed by atoms with Crippen LogP contribution in [0.25, 0.3) is 0 Å². The van der Waals surface area contributed by atoms with Crippen molar-refractivity contribution in [2.45, 2.75) is 57.2 Å². The molecule has 0 aromatic heterocycles. The number of amides is 1. The molecule has 1 aliphatic heterocycles. The molecule has 1 aromatic carbocycles. The number of hydrogen-bond donors (Lipinski definition) is 1. The standard InChI is InChI=1S/C19H25ClF2N2O4S/c20-16-10-13(6-7-17(16)28-19(21)22)23-11-18(25)24(14-4-2-1-3-5-14)15-8-9-29(26,27)12-15/h6-7,10,14-15,19,23H,1-5,8-9,11-12H2. The molecule has 1 aliphatic carbocycles. The third-order valence-corrected chi connectivity index (χ3v) is 7.50. The maximum absolute atomic E-state index is 13.0. The molecule has 3 rings (SSSR count). The highest BCUT2D eigenvalue weighted by molar-refractivity contribution is 7.91. The Morgan fingerprint density at radius 1 is 1.21 bits per heavy atom. The highest BCUT2D eigenvalue weighted by atomic mass is 35.5. The van der Waals surface area contributed by atoms with Gasteiger partial charge in [-0.1, -0.05) is 30.9 Å². The average Bonchev–Trinajstić information content (AvgIpc) is 3.02. The van der Waals surface area contributed by atoms with E-state index >= 15 is 0 Å². The molecule has 0 spiro atoms. The van der Waals surface area contributed by atoms with Crippen LogP contribution >= 0.6 is 11.6 Å². The van der Waals surface area contributed by atoms with E-state index in [1.807, 2.05) is 0 Å². The van der Waals surface area contributed by atoms with Crippen molar-refractivity contribution in [3.8, 4) is 5.75 Å². The van der Waals surface area contributed by atoms with Crippen molar-refractivity contribution in [2.75, 3.05) is 23.4 Å². The molecule has 1 heterocycles. The second-order valence-corrected chi connectivity index (χ2v) is 10.2. The number of hydrogen-bond acceptors (Lipinski definition) is 5. The summed E-state index contributed by atoms with van der Waals surface area (Å²) in [5, 5.41) is 2.97. The van der Waals surface area contributed by atoms with Crippen LogP contribution in [0.3, 0.4) is 0 Å². The van der Waals surface area contributed by atoms with Gasteiger partial charge in [0.15, 0.2) is 9.84 Å². The third-order valence-electron chi connectivity index (χ3n) is 5.45. The summed E-state index contributed by atoms with van der Waals surface area (Å²) in [6.45, 7) is -3.00. The SMILES string of the molecule is O=C(CNc1ccc(OC(F)F)c(Cl)c1)N(C1CCCCC1)C1CCS(=O)(=O)C1. The minimum atomic E-state index is -3.11. The summed E-state index contributed by atoms with van der Waals surface area (Å²) in [5.41, 5.74) is 0.493. The van der Waals surface area contributed by atoms with Crippen molar-refractivity contribution >= 4 is 33.0 Å². The highest BCUT2D eigenvalue weighted by Gasteiger charge is 2.38. The van der Waals surface area contributed by atoms with Crippen molar-refractivity contribution in [3.05, 3.63) is 23.2 Å². The molecule has 1 atom stereocenters. The maximum Gasteiger partial charge on any atom is 0.387 e.